The molecule has 0 saturated carbocycles. The topological polar surface area (TPSA) is 101 Å². The molecule has 1 aromatic rings. The molecule has 94 valence electrons. The summed E-state index contributed by atoms with van der Waals surface area (Å²) >= 11 is 0. The van der Waals surface area contributed by atoms with Gasteiger partial charge in [0, 0.05) is 0 Å². The second-order valence-corrected chi connectivity index (χ2v) is 3.63. The van der Waals surface area contributed by atoms with Gasteiger partial charge in [-0.2, -0.15) is 4.39 Å². The molecule has 1 atom stereocenters. The predicted octanol–water partition coefficient (Wildman–Crippen LogP) is -1.40. The van der Waals surface area contributed by atoms with Gasteiger partial charge in [0.1, 0.15) is 0 Å². The minimum atomic E-state index is -2.00. The fourth-order valence-electron chi connectivity index (χ4n) is 1.22. The first-order valence-corrected chi connectivity index (χ1v) is 4.58. The van der Waals surface area contributed by atoms with E-state index in [0.29, 0.717) is 10.8 Å². The van der Waals surface area contributed by atoms with Crippen molar-refractivity contribution in [2.24, 2.45) is 0 Å². The average Bonchev–Trinajstić information content (AvgIpc) is 2.24. The Kier molecular flexibility index (Phi) is 3.47. The SMILES string of the molecule is COC(=O)C(C)(O)Cn1cc(F)c(=O)[nH]c1=O. The van der Waals surface area contributed by atoms with Gasteiger partial charge in [-0.05, 0) is 6.92 Å². The minimum absolute atomic E-state index is 0.536. The number of H-pyrrole nitrogens is 1. The number of rotatable bonds is 3. The molecule has 0 fully saturated rings. The maximum Gasteiger partial charge on any atom is 0.339 e. The average molecular weight is 246 g/mol. The van der Waals surface area contributed by atoms with Crippen LogP contribution in [0.1, 0.15) is 6.92 Å². The van der Waals surface area contributed by atoms with Crippen molar-refractivity contribution in [2.45, 2.75) is 19.1 Å². The van der Waals surface area contributed by atoms with Gasteiger partial charge in [0.25, 0.3) is 5.56 Å². The first kappa shape index (κ1) is 13.1. The van der Waals surface area contributed by atoms with Crippen LogP contribution in [0.4, 0.5) is 4.39 Å². The maximum atomic E-state index is 12.9. The van der Waals surface area contributed by atoms with Gasteiger partial charge in [-0.1, -0.05) is 0 Å². The van der Waals surface area contributed by atoms with Crippen molar-refractivity contribution in [1.29, 1.82) is 0 Å². The highest BCUT2D eigenvalue weighted by molar-refractivity contribution is 5.78. The molecule has 0 bridgehead atoms. The molecule has 7 nitrogen and oxygen atoms in total. The number of carbonyl (C=O) groups excluding carboxylic acids is 1. The molecule has 0 spiro atoms. The third-order valence-corrected chi connectivity index (χ3v) is 2.07. The number of ether oxygens (including phenoxy) is 1. The number of hydrogen-bond donors (Lipinski definition) is 2. The van der Waals surface area contributed by atoms with Crippen molar-refractivity contribution >= 4 is 5.97 Å². The van der Waals surface area contributed by atoms with Gasteiger partial charge in [-0.15, -0.1) is 0 Å². The Morgan fingerprint density at radius 1 is 1.65 bits per heavy atom. The fourth-order valence-corrected chi connectivity index (χ4v) is 1.22. The number of nitrogens with one attached hydrogen (secondary N) is 1. The molecule has 1 heterocycles. The summed E-state index contributed by atoms with van der Waals surface area (Å²) < 4.78 is 17.9. The molecule has 1 aromatic heterocycles. The highest BCUT2D eigenvalue weighted by atomic mass is 19.1. The van der Waals surface area contributed by atoms with Crippen LogP contribution in [0.2, 0.25) is 0 Å². The quantitative estimate of drug-likeness (QED) is 0.639. The third-order valence-electron chi connectivity index (χ3n) is 2.07. The maximum absolute atomic E-state index is 12.9. The molecule has 8 heteroatoms. The lowest BCUT2D eigenvalue weighted by atomic mass is 10.1. The summed E-state index contributed by atoms with van der Waals surface area (Å²) in [5.41, 5.74) is -4.09. The van der Waals surface area contributed by atoms with E-state index < -0.39 is 35.2 Å². The zero-order valence-electron chi connectivity index (χ0n) is 9.19. The molecule has 0 amide bonds. The van der Waals surface area contributed by atoms with Crippen LogP contribution in [-0.4, -0.2) is 33.3 Å². The van der Waals surface area contributed by atoms with Gasteiger partial charge in [0.2, 0.25) is 5.82 Å². The van der Waals surface area contributed by atoms with Crippen LogP contribution in [0, 0.1) is 5.82 Å². The van der Waals surface area contributed by atoms with Gasteiger partial charge in [0.05, 0.1) is 19.9 Å². The molecule has 0 aliphatic heterocycles. The van der Waals surface area contributed by atoms with Crippen LogP contribution in [0.5, 0.6) is 0 Å². The van der Waals surface area contributed by atoms with E-state index in [2.05, 4.69) is 4.74 Å². The number of esters is 1. The summed E-state index contributed by atoms with van der Waals surface area (Å²) in [6.45, 7) is 0.570. The highest BCUT2D eigenvalue weighted by Gasteiger charge is 2.32. The number of aliphatic hydroxyl groups is 1. The van der Waals surface area contributed by atoms with Crippen LogP contribution in [0.25, 0.3) is 0 Å². The smallest absolute Gasteiger partial charge is 0.339 e. The zero-order chi connectivity index (χ0) is 13.2. The number of aromatic nitrogens is 2. The van der Waals surface area contributed by atoms with E-state index in [4.69, 9.17) is 0 Å². The number of methoxy groups -OCH3 is 1. The molecule has 0 aliphatic rings. The van der Waals surface area contributed by atoms with Crippen molar-refractivity contribution in [3.63, 3.8) is 0 Å². The van der Waals surface area contributed by atoms with Gasteiger partial charge < -0.3 is 9.84 Å². The summed E-state index contributed by atoms with van der Waals surface area (Å²) in [5, 5.41) is 9.67. The molecule has 0 aliphatic carbocycles. The molecule has 1 unspecified atom stereocenters. The van der Waals surface area contributed by atoms with Gasteiger partial charge in [0.15, 0.2) is 5.60 Å². The van der Waals surface area contributed by atoms with E-state index in [1.165, 1.54) is 0 Å². The molecule has 0 aromatic carbocycles. The monoisotopic (exact) mass is 246 g/mol. The van der Waals surface area contributed by atoms with Crippen LogP contribution in [0.15, 0.2) is 15.8 Å². The molecule has 0 saturated heterocycles. The number of halogens is 1. The summed E-state index contributed by atoms with van der Waals surface area (Å²) in [4.78, 5) is 34.9. The lowest BCUT2D eigenvalue weighted by molar-refractivity contribution is -0.161. The minimum Gasteiger partial charge on any atom is -0.467 e. The van der Waals surface area contributed by atoms with Crippen molar-refractivity contribution in [1.82, 2.24) is 9.55 Å². The fraction of sp³-hybridized carbons (Fsp3) is 0.444. The Bertz CT molecular complexity index is 545. The molecule has 2 N–H and O–H groups in total. The van der Waals surface area contributed by atoms with Crippen molar-refractivity contribution in [2.75, 3.05) is 7.11 Å². The number of aromatic amines is 1. The third kappa shape index (κ3) is 2.78. The first-order valence-electron chi connectivity index (χ1n) is 4.58. The largest absolute Gasteiger partial charge is 0.467 e. The summed E-state index contributed by atoms with van der Waals surface area (Å²) in [6.07, 6.45) is 0.610. The predicted molar refractivity (Wildman–Crippen MR) is 53.9 cm³/mol. The standard InChI is InChI=1S/C9H11FN2O5/c1-9(16,7(14)17-2)4-12-3-5(10)6(13)11-8(12)15/h3,16H,4H2,1-2H3,(H,11,13,15). The summed E-state index contributed by atoms with van der Waals surface area (Å²) in [6, 6.07) is 0. The Morgan fingerprint density at radius 3 is 2.76 bits per heavy atom. The Balaban J connectivity index is 3.12. The van der Waals surface area contributed by atoms with Gasteiger partial charge in [-0.25, -0.2) is 9.59 Å². The molecular weight excluding hydrogens is 235 g/mol. The first-order chi connectivity index (χ1) is 7.77. The lowest BCUT2D eigenvalue weighted by Gasteiger charge is -2.20. The summed E-state index contributed by atoms with van der Waals surface area (Å²) in [5.74, 6) is -2.17. The normalized spacial score (nSPS) is 14.1. The van der Waals surface area contributed by atoms with E-state index in [1.807, 2.05) is 0 Å². The van der Waals surface area contributed by atoms with Crippen molar-refractivity contribution in [3.8, 4) is 0 Å². The van der Waals surface area contributed by atoms with E-state index in [1.54, 1.807) is 4.98 Å². The van der Waals surface area contributed by atoms with E-state index in [-0.39, 0.29) is 0 Å². The number of carbonyl (C=O) groups is 1. The van der Waals surface area contributed by atoms with Gasteiger partial charge >= 0.3 is 11.7 Å². The Hall–Kier alpha value is -1.96. The van der Waals surface area contributed by atoms with E-state index in [0.717, 1.165) is 14.0 Å². The molecule has 17 heavy (non-hydrogen) atoms. The molecule has 0 radical (unpaired) electrons. The van der Waals surface area contributed by atoms with E-state index >= 15 is 0 Å². The number of hydrogen-bond acceptors (Lipinski definition) is 5. The summed E-state index contributed by atoms with van der Waals surface area (Å²) in [7, 11) is 1.06. The molecular formula is C9H11FN2O5. The number of nitrogens with zero attached hydrogens (tertiary/aromatic N) is 1. The van der Waals surface area contributed by atoms with Crippen molar-refractivity contribution < 1.29 is 19.0 Å². The van der Waals surface area contributed by atoms with Crippen LogP contribution in [-0.2, 0) is 16.1 Å². The second-order valence-electron chi connectivity index (χ2n) is 3.63. The second kappa shape index (κ2) is 4.50. The van der Waals surface area contributed by atoms with E-state index in [9.17, 15) is 23.9 Å². The Labute approximate surface area is 94.5 Å². The highest BCUT2D eigenvalue weighted by Crippen LogP contribution is 2.07. The lowest BCUT2D eigenvalue weighted by Crippen LogP contribution is -2.44. The van der Waals surface area contributed by atoms with Crippen LogP contribution < -0.4 is 11.2 Å². The Morgan fingerprint density at radius 2 is 2.24 bits per heavy atom. The van der Waals surface area contributed by atoms with Crippen molar-refractivity contribution in [3.05, 3.63) is 32.9 Å². The molecule has 1 rings (SSSR count). The zero-order valence-corrected chi connectivity index (χ0v) is 9.19. The van der Waals surface area contributed by atoms with Crippen LogP contribution >= 0.6 is 0 Å². The van der Waals surface area contributed by atoms with Crippen LogP contribution in [0.3, 0.4) is 0 Å². The van der Waals surface area contributed by atoms with Gasteiger partial charge in [-0.3, -0.25) is 14.3 Å².